The van der Waals surface area contributed by atoms with E-state index in [4.69, 9.17) is 16.3 Å². The lowest BCUT2D eigenvalue weighted by Gasteiger charge is -2.05. The molecule has 5 nitrogen and oxygen atoms in total. The number of benzene rings is 1. The summed E-state index contributed by atoms with van der Waals surface area (Å²) in [4.78, 5) is 25.6. The van der Waals surface area contributed by atoms with Crippen molar-refractivity contribution in [2.45, 2.75) is 0 Å². The number of nitrogens with zero attached hydrogens (tertiary/aromatic N) is 1. The summed E-state index contributed by atoms with van der Waals surface area (Å²) in [5.41, 5.74) is -0.606. The number of halogens is 1. The predicted octanol–water partition coefficient (Wildman–Crippen LogP) is 1.19. The third kappa shape index (κ3) is 2.24. The zero-order valence-corrected chi connectivity index (χ0v) is 9.69. The molecule has 1 aromatic heterocycles. The second kappa shape index (κ2) is 4.47. The lowest BCUT2D eigenvalue weighted by molar-refractivity contribution is 0.414. The van der Waals surface area contributed by atoms with E-state index >= 15 is 0 Å². The fraction of sp³-hybridized carbons (Fsp3) is 0.0909. The molecule has 0 bridgehead atoms. The van der Waals surface area contributed by atoms with Crippen molar-refractivity contribution in [1.29, 1.82) is 0 Å². The standard InChI is InChI=1S/C11H9ClN2O3/c1-17-8-4-2-7(3-5-8)14-10(15)6-9(12)13-11(14)16/h2-6H,1H3,(H,13,16). The zero-order valence-electron chi connectivity index (χ0n) is 8.94. The molecule has 0 aliphatic carbocycles. The number of aromatic amines is 1. The molecule has 0 atom stereocenters. The van der Waals surface area contributed by atoms with Crippen molar-refractivity contribution in [2.75, 3.05) is 7.11 Å². The van der Waals surface area contributed by atoms with Gasteiger partial charge in [0.15, 0.2) is 0 Å². The van der Waals surface area contributed by atoms with E-state index in [1.54, 1.807) is 24.3 Å². The first-order valence-corrected chi connectivity index (χ1v) is 5.16. The molecule has 0 saturated heterocycles. The molecule has 6 heteroatoms. The summed E-state index contributed by atoms with van der Waals surface area (Å²) in [5.74, 6) is 0.646. The summed E-state index contributed by atoms with van der Waals surface area (Å²) in [6.45, 7) is 0. The largest absolute Gasteiger partial charge is 0.497 e. The van der Waals surface area contributed by atoms with E-state index in [9.17, 15) is 9.59 Å². The second-order valence-corrected chi connectivity index (χ2v) is 3.70. The number of methoxy groups -OCH3 is 1. The number of ether oxygens (including phenoxy) is 1. The summed E-state index contributed by atoms with van der Waals surface area (Å²) in [6, 6.07) is 7.70. The minimum absolute atomic E-state index is 0.0183. The summed E-state index contributed by atoms with van der Waals surface area (Å²) >= 11 is 5.57. The molecule has 1 heterocycles. The van der Waals surface area contributed by atoms with Gasteiger partial charge in [0.05, 0.1) is 12.8 Å². The van der Waals surface area contributed by atoms with Crippen LogP contribution < -0.4 is 16.0 Å². The van der Waals surface area contributed by atoms with Crippen LogP contribution in [0.15, 0.2) is 39.9 Å². The molecule has 0 unspecified atom stereocenters. The van der Waals surface area contributed by atoms with Gasteiger partial charge in [-0.1, -0.05) is 11.6 Å². The normalized spacial score (nSPS) is 10.2. The van der Waals surface area contributed by atoms with Gasteiger partial charge in [-0.2, -0.15) is 0 Å². The highest BCUT2D eigenvalue weighted by Crippen LogP contribution is 2.12. The second-order valence-electron chi connectivity index (χ2n) is 3.29. The van der Waals surface area contributed by atoms with Crippen molar-refractivity contribution >= 4 is 11.6 Å². The van der Waals surface area contributed by atoms with Crippen LogP contribution in [-0.2, 0) is 0 Å². The smallest absolute Gasteiger partial charge is 0.334 e. The Hall–Kier alpha value is -2.01. The van der Waals surface area contributed by atoms with Crippen LogP contribution in [0.1, 0.15) is 0 Å². The van der Waals surface area contributed by atoms with E-state index in [0.717, 1.165) is 10.6 Å². The highest BCUT2D eigenvalue weighted by molar-refractivity contribution is 6.29. The van der Waals surface area contributed by atoms with E-state index in [2.05, 4.69) is 4.98 Å². The van der Waals surface area contributed by atoms with Crippen molar-refractivity contribution < 1.29 is 4.74 Å². The Balaban J connectivity index is 2.60. The first-order valence-electron chi connectivity index (χ1n) is 4.78. The molecule has 0 fully saturated rings. The third-order valence-corrected chi connectivity index (χ3v) is 2.43. The lowest BCUT2D eigenvalue weighted by Crippen LogP contribution is -2.32. The fourth-order valence-electron chi connectivity index (χ4n) is 1.44. The van der Waals surface area contributed by atoms with Gasteiger partial charge in [0, 0.05) is 6.07 Å². The quantitative estimate of drug-likeness (QED) is 0.817. The molecule has 1 aromatic carbocycles. The van der Waals surface area contributed by atoms with Crippen LogP contribution in [0, 0.1) is 0 Å². The fourth-order valence-corrected chi connectivity index (χ4v) is 1.62. The van der Waals surface area contributed by atoms with E-state index in [-0.39, 0.29) is 5.15 Å². The van der Waals surface area contributed by atoms with Crippen LogP contribution >= 0.6 is 11.6 Å². The monoisotopic (exact) mass is 252 g/mol. The first kappa shape index (κ1) is 11.5. The van der Waals surface area contributed by atoms with Crippen LogP contribution in [-0.4, -0.2) is 16.7 Å². The Morgan fingerprint density at radius 2 is 1.88 bits per heavy atom. The van der Waals surface area contributed by atoms with E-state index in [0.29, 0.717) is 11.4 Å². The van der Waals surface area contributed by atoms with Gasteiger partial charge >= 0.3 is 5.69 Å². The average Bonchev–Trinajstić information content (AvgIpc) is 2.28. The maximum atomic E-state index is 11.6. The molecule has 2 rings (SSSR count). The van der Waals surface area contributed by atoms with Crippen molar-refractivity contribution in [3.63, 3.8) is 0 Å². The van der Waals surface area contributed by atoms with Gasteiger partial charge in [-0.25, -0.2) is 9.36 Å². The van der Waals surface area contributed by atoms with Gasteiger partial charge in [-0.15, -0.1) is 0 Å². The molecule has 0 saturated carbocycles. The predicted molar refractivity (Wildman–Crippen MR) is 64.2 cm³/mol. The molecular weight excluding hydrogens is 244 g/mol. The molecular formula is C11H9ClN2O3. The summed E-state index contributed by atoms with van der Waals surface area (Å²) in [6.07, 6.45) is 0. The molecule has 17 heavy (non-hydrogen) atoms. The van der Waals surface area contributed by atoms with E-state index in [1.807, 2.05) is 0 Å². The van der Waals surface area contributed by atoms with Crippen LogP contribution in [0.5, 0.6) is 5.75 Å². The number of H-pyrrole nitrogens is 1. The van der Waals surface area contributed by atoms with E-state index < -0.39 is 11.2 Å². The first-order chi connectivity index (χ1) is 8.11. The Morgan fingerprint density at radius 3 is 2.41 bits per heavy atom. The van der Waals surface area contributed by atoms with Crippen molar-refractivity contribution in [1.82, 2.24) is 9.55 Å². The molecule has 0 spiro atoms. The maximum Gasteiger partial charge on any atom is 0.334 e. The summed E-state index contributed by atoms with van der Waals surface area (Å²) in [5, 5.41) is 0.0183. The maximum absolute atomic E-state index is 11.6. The van der Waals surface area contributed by atoms with E-state index in [1.165, 1.54) is 7.11 Å². The Bertz CT molecular complexity index is 612. The summed E-state index contributed by atoms with van der Waals surface area (Å²) < 4.78 is 5.98. The minimum Gasteiger partial charge on any atom is -0.497 e. The lowest BCUT2D eigenvalue weighted by atomic mass is 10.3. The van der Waals surface area contributed by atoms with Gasteiger partial charge < -0.3 is 4.74 Å². The number of hydrogen-bond donors (Lipinski definition) is 1. The Morgan fingerprint density at radius 1 is 1.24 bits per heavy atom. The third-order valence-electron chi connectivity index (χ3n) is 2.23. The van der Waals surface area contributed by atoms with Crippen molar-refractivity contribution in [3.8, 4) is 11.4 Å². The number of nitrogens with one attached hydrogen (secondary N) is 1. The highest BCUT2D eigenvalue weighted by atomic mass is 35.5. The van der Waals surface area contributed by atoms with Gasteiger partial charge in [-0.3, -0.25) is 9.78 Å². The molecule has 1 N–H and O–H groups in total. The number of rotatable bonds is 2. The molecule has 0 aliphatic rings. The average molecular weight is 253 g/mol. The molecule has 0 aliphatic heterocycles. The van der Waals surface area contributed by atoms with Crippen LogP contribution in [0.2, 0.25) is 5.15 Å². The molecule has 2 aromatic rings. The van der Waals surface area contributed by atoms with Gasteiger partial charge in [0.25, 0.3) is 5.56 Å². The number of hydrogen-bond acceptors (Lipinski definition) is 3. The van der Waals surface area contributed by atoms with Crippen LogP contribution in [0.25, 0.3) is 5.69 Å². The van der Waals surface area contributed by atoms with Crippen molar-refractivity contribution in [2.24, 2.45) is 0 Å². The summed E-state index contributed by atoms with van der Waals surface area (Å²) in [7, 11) is 1.54. The van der Waals surface area contributed by atoms with Gasteiger partial charge in [-0.05, 0) is 24.3 Å². The molecule has 0 amide bonds. The Kier molecular flexibility index (Phi) is 3.01. The van der Waals surface area contributed by atoms with Gasteiger partial charge in [0.2, 0.25) is 0 Å². The van der Waals surface area contributed by atoms with Gasteiger partial charge in [0.1, 0.15) is 10.9 Å². The minimum atomic E-state index is -0.576. The van der Waals surface area contributed by atoms with Crippen molar-refractivity contribution in [3.05, 3.63) is 56.3 Å². The van der Waals surface area contributed by atoms with Crippen LogP contribution in [0.4, 0.5) is 0 Å². The zero-order chi connectivity index (χ0) is 12.4. The molecule has 88 valence electrons. The molecule has 0 radical (unpaired) electrons. The number of aromatic nitrogens is 2. The van der Waals surface area contributed by atoms with Crippen LogP contribution in [0.3, 0.4) is 0 Å². The SMILES string of the molecule is COc1ccc(-n2c(=O)cc(Cl)[nH]c2=O)cc1. The highest BCUT2D eigenvalue weighted by Gasteiger charge is 2.05. The Labute approximate surface area is 101 Å². The topological polar surface area (TPSA) is 64.1 Å².